The van der Waals surface area contributed by atoms with Gasteiger partial charge < -0.3 is 9.47 Å². The van der Waals surface area contributed by atoms with E-state index in [1.807, 2.05) is 6.07 Å². The number of nitrogens with one attached hydrogen (secondary N) is 1. The van der Waals surface area contributed by atoms with Crippen LogP contribution in [0.15, 0.2) is 29.1 Å². The lowest BCUT2D eigenvalue weighted by molar-refractivity contribution is 0.233. The van der Waals surface area contributed by atoms with Gasteiger partial charge in [0, 0.05) is 39.1 Å². The first-order valence-corrected chi connectivity index (χ1v) is 10.8. The summed E-state index contributed by atoms with van der Waals surface area (Å²) >= 11 is 0. The predicted molar refractivity (Wildman–Crippen MR) is 114 cm³/mol. The maximum atomic E-state index is 12.8. The van der Waals surface area contributed by atoms with Crippen molar-refractivity contribution in [3.63, 3.8) is 0 Å². The Kier molecular flexibility index (Phi) is 4.83. The number of aryl methyl sites for hydroxylation is 1. The van der Waals surface area contributed by atoms with Gasteiger partial charge in [-0.15, -0.1) is 0 Å². The fourth-order valence-corrected chi connectivity index (χ4v) is 4.60. The molecule has 0 saturated carbocycles. The summed E-state index contributed by atoms with van der Waals surface area (Å²) in [5.41, 5.74) is 4.04. The van der Waals surface area contributed by atoms with E-state index in [-0.39, 0.29) is 5.56 Å². The van der Waals surface area contributed by atoms with Crippen LogP contribution in [0.5, 0.6) is 0 Å². The second-order valence-corrected chi connectivity index (χ2v) is 8.14. The molecule has 0 unspecified atom stereocenters. The minimum Gasteiger partial charge on any atom is -0.342 e. The number of aromatic nitrogens is 4. The Morgan fingerprint density at radius 3 is 2.76 bits per heavy atom. The third-order valence-electron chi connectivity index (χ3n) is 6.09. The molecular weight excluding hydrogens is 364 g/mol. The van der Waals surface area contributed by atoms with Crippen molar-refractivity contribution in [3.05, 3.63) is 51.7 Å². The summed E-state index contributed by atoms with van der Waals surface area (Å²) in [7, 11) is 0. The Morgan fingerprint density at radius 2 is 1.93 bits per heavy atom. The molecule has 7 nitrogen and oxygen atoms in total. The molecule has 0 radical (unpaired) electrons. The van der Waals surface area contributed by atoms with Crippen molar-refractivity contribution in [2.75, 3.05) is 24.5 Å². The molecule has 3 aromatic rings. The Bertz CT molecular complexity index is 1080. The van der Waals surface area contributed by atoms with Gasteiger partial charge in [0.05, 0.1) is 28.8 Å². The molecule has 1 saturated heterocycles. The number of hydrogen-bond donors (Lipinski definition) is 1. The fourth-order valence-electron chi connectivity index (χ4n) is 4.60. The highest BCUT2D eigenvalue weighted by molar-refractivity contribution is 5.75. The van der Waals surface area contributed by atoms with Crippen LogP contribution in [0.25, 0.3) is 11.0 Å². The van der Waals surface area contributed by atoms with Crippen molar-refractivity contribution in [1.82, 2.24) is 24.4 Å². The van der Waals surface area contributed by atoms with E-state index in [9.17, 15) is 4.79 Å². The number of H-pyrrole nitrogens is 1. The molecule has 29 heavy (non-hydrogen) atoms. The van der Waals surface area contributed by atoms with E-state index in [2.05, 4.69) is 44.5 Å². The van der Waals surface area contributed by atoms with Gasteiger partial charge in [0.2, 0.25) is 5.95 Å². The van der Waals surface area contributed by atoms with E-state index >= 15 is 0 Å². The highest BCUT2D eigenvalue weighted by atomic mass is 16.1. The van der Waals surface area contributed by atoms with Crippen LogP contribution in [0.4, 0.5) is 5.95 Å². The summed E-state index contributed by atoms with van der Waals surface area (Å²) in [6.45, 7) is 7.41. The zero-order chi connectivity index (χ0) is 19.8. The molecule has 4 heterocycles. The molecule has 2 aromatic heterocycles. The third-order valence-corrected chi connectivity index (χ3v) is 6.09. The van der Waals surface area contributed by atoms with Crippen LogP contribution >= 0.6 is 0 Å². The quantitative estimate of drug-likeness (QED) is 0.723. The first-order valence-electron chi connectivity index (χ1n) is 10.8. The number of benzene rings is 1. The number of imidazole rings is 1. The van der Waals surface area contributed by atoms with E-state index < -0.39 is 0 Å². The van der Waals surface area contributed by atoms with Gasteiger partial charge in [-0.25, -0.2) is 9.97 Å². The van der Waals surface area contributed by atoms with E-state index in [0.29, 0.717) is 6.54 Å². The fraction of sp³-hybridized carbons (Fsp3) is 0.500. The maximum Gasteiger partial charge on any atom is 0.257 e. The van der Waals surface area contributed by atoms with Crippen molar-refractivity contribution in [3.8, 4) is 0 Å². The third kappa shape index (κ3) is 3.44. The molecule has 0 bridgehead atoms. The Labute approximate surface area is 170 Å². The van der Waals surface area contributed by atoms with Crippen LogP contribution in [0.3, 0.4) is 0 Å². The number of fused-ring (bicyclic) bond motifs is 2. The van der Waals surface area contributed by atoms with E-state index in [0.717, 1.165) is 74.1 Å². The zero-order valence-corrected chi connectivity index (χ0v) is 17.0. The summed E-state index contributed by atoms with van der Waals surface area (Å²) < 4.78 is 2.32. The smallest absolute Gasteiger partial charge is 0.257 e. The summed E-state index contributed by atoms with van der Waals surface area (Å²) in [5, 5.41) is 0. The van der Waals surface area contributed by atoms with Gasteiger partial charge in [-0.2, -0.15) is 0 Å². The first-order chi connectivity index (χ1) is 14.2. The summed E-state index contributed by atoms with van der Waals surface area (Å²) in [4.78, 5) is 30.0. The Morgan fingerprint density at radius 1 is 1.10 bits per heavy atom. The van der Waals surface area contributed by atoms with Crippen molar-refractivity contribution in [2.45, 2.75) is 52.2 Å². The number of para-hydroxylation sites is 2. The van der Waals surface area contributed by atoms with Gasteiger partial charge in [-0.1, -0.05) is 19.1 Å². The minimum absolute atomic E-state index is 0.0173. The lowest BCUT2D eigenvalue weighted by Gasteiger charge is -2.28. The number of aromatic amines is 1. The lowest BCUT2D eigenvalue weighted by atomic mass is 10.1. The van der Waals surface area contributed by atoms with Crippen LogP contribution < -0.4 is 10.5 Å². The van der Waals surface area contributed by atoms with Gasteiger partial charge in [-0.3, -0.25) is 14.7 Å². The largest absolute Gasteiger partial charge is 0.342 e. The molecule has 0 spiro atoms. The molecule has 5 rings (SSSR count). The van der Waals surface area contributed by atoms with Crippen LogP contribution in [-0.2, 0) is 26.1 Å². The van der Waals surface area contributed by atoms with Gasteiger partial charge >= 0.3 is 0 Å². The molecule has 1 N–H and O–H groups in total. The predicted octanol–water partition coefficient (Wildman–Crippen LogP) is 2.69. The van der Waals surface area contributed by atoms with Gasteiger partial charge in [0.1, 0.15) is 5.82 Å². The minimum atomic E-state index is 0.0173. The SMILES string of the molecule is CCCn1c(CN2CCc3nc(N4CCCC4)[nH]c(=O)c3C2)nc2ccccc21. The highest BCUT2D eigenvalue weighted by Crippen LogP contribution is 2.22. The molecule has 2 aliphatic heterocycles. The Hall–Kier alpha value is -2.67. The molecule has 0 amide bonds. The van der Waals surface area contributed by atoms with Crippen LogP contribution in [0.2, 0.25) is 0 Å². The van der Waals surface area contributed by atoms with Crippen molar-refractivity contribution < 1.29 is 0 Å². The lowest BCUT2D eigenvalue weighted by Crippen LogP contribution is -2.37. The monoisotopic (exact) mass is 392 g/mol. The van der Waals surface area contributed by atoms with Crippen LogP contribution in [0.1, 0.15) is 43.3 Å². The summed E-state index contributed by atoms with van der Waals surface area (Å²) in [6.07, 6.45) is 4.23. The molecule has 7 heteroatoms. The summed E-state index contributed by atoms with van der Waals surface area (Å²) in [5.74, 6) is 1.83. The summed E-state index contributed by atoms with van der Waals surface area (Å²) in [6, 6.07) is 8.32. The number of anilines is 1. The number of hydrogen-bond acceptors (Lipinski definition) is 5. The molecule has 0 atom stereocenters. The molecule has 1 aromatic carbocycles. The van der Waals surface area contributed by atoms with Gasteiger partial charge in [0.25, 0.3) is 5.56 Å². The van der Waals surface area contributed by atoms with Crippen molar-refractivity contribution in [1.29, 1.82) is 0 Å². The molecule has 152 valence electrons. The van der Waals surface area contributed by atoms with Crippen LogP contribution in [-0.4, -0.2) is 44.1 Å². The number of rotatable bonds is 5. The van der Waals surface area contributed by atoms with Crippen LogP contribution in [0, 0.1) is 0 Å². The number of nitrogens with zero attached hydrogens (tertiary/aromatic N) is 5. The van der Waals surface area contributed by atoms with Gasteiger partial charge in [-0.05, 0) is 31.4 Å². The zero-order valence-electron chi connectivity index (χ0n) is 17.0. The van der Waals surface area contributed by atoms with Gasteiger partial charge in [0.15, 0.2) is 0 Å². The normalized spacial score (nSPS) is 17.2. The molecule has 0 aliphatic carbocycles. The first kappa shape index (κ1) is 18.4. The molecule has 2 aliphatic rings. The second kappa shape index (κ2) is 7.63. The second-order valence-electron chi connectivity index (χ2n) is 8.14. The Balaban J connectivity index is 1.40. The topological polar surface area (TPSA) is 70.1 Å². The van der Waals surface area contributed by atoms with E-state index in [4.69, 9.17) is 9.97 Å². The molecular formula is C22H28N6O. The van der Waals surface area contributed by atoms with E-state index in [1.54, 1.807) is 0 Å². The average Bonchev–Trinajstić information content (AvgIpc) is 3.38. The average molecular weight is 393 g/mol. The standard InChI is InChI=1S/C22H28N6O/c1-2-10-28-19-8-4-3-7-18(19)23-20(28)15-26-13-9-17-16(14-26)21(29)25-22(24-17)27-11-5-6-12-27/h3-4,7-8H,2,5-6,9-15H2,1H3,(H,24,25,29). The van der Waals surface area contributed by atoms with Crippen molar-refractivity contribution >= 4 is 17.0 Å². The highest BCUT2D eigenvalue weighted by Gasteiger charge is 2.24. The maximum absolute atomic E-state index is 12.8. The van der Waals surface area contributed by atoms with Crippen molar-refractivity contribution in [2.24, 2.45) is 0 Å². The van der Waals surface area contributed by atoms with E-state index in [1.165, 1.54) is 18.4 Å². The molecule has 1 fully saturated rings.